The van der Waals surface area contributed by atoms with Gasteiger partial charge in [-0.05, 0) is 25.1 Å². The average Bonchev–Trinajstić information content (AvgIpc) is 2.13. The second kappa shape index (κ2) is 3.46. The molecule has 1 aromatic carbocycles. The fourth-order valence-corrected chi connectivity index (χ4v) is 2.64. The summed E-state index contributed by atoms with van der Waals surface area (Å²) in [7, 11) is -4.05. The van der Waals surface area contributed by atoms with Crippen LogP contribution in [0.4, 0.5) is 18.9 Å². The number of hydrogen-bond acceptors (Lipinski definition) is 3. The maximum atomic E-state index is 12.4. The van der Waals surface area contributed by atoms with Crippen molar-refractivity contribution >= 4 is 21.5 Å². The molecule has 0 radical (unpaired) electrons. The second-order valence-electron chi connectivity index (χ2n) is 3.49. The number of fused-ring (bicyclic) bond motifs is 1. The Labute approximate surface area is 95.2 Å². The van der Waals surface area contributed by atoms with Crippen molar-refractivity contribution < 1.29 is 21.6 Å². The van der Waals surface area contributed by atoms with Gasteiger partial charge in [-0.15, -0.1) is 4.40 Å². The summed E-state index contributed by atoms with van der Waals surface area (Å²) in [4.78, 5) is -0.460. The Morgan fingerprint density at radius 2 is 1.94 bits per heavy atom. The van der Waals surface area contributed by atoms with Crippen LogP contribution in [0.15, 0.2) is 27.5 Å². The monoisotopic (exact) mass is 264 g/mol. The molecule has 2 rings (SSSR count). The van der Waals surface area contributed by atoms with Gasteiger partial charge >= 0.3 is 6.18 Å². The molecular weight excluding hydrogens is 257 g/mol. The SMILES string of the molecule is CC1=NS(=O)(=O)c2cc(C(F)(F)F)ccc2N1. The van der Waals surface area contributed by atoms with Gasteiger partial charge in [-0.3, -0.25) is 0 Å². The molecule has 1 aliphatic heterocycles. The highest BCUT2D eigenvalue weighted by Crippen LogP contribution is 2.35. The van der Waals surface area contributed by atoms with Crippen LogP contribution >= 0.6 is 0 Å². The summed E-state index contributed by atoms with van der Waals surface area (Å²) >= 11 is 0. The zero-order valence-electron chi connectivity index (χ0n) is 8.54. The molecule has 0 atom stereocenters. The minimum Gasteiger partial charge on any atom is -0.342 e. The molecule has 0 aliphatic carbocycles. The van der Waals surface area contributed by atoms with Crippen molar-refractivity contribution in [1.82, 2.24) is 0 Å². The van der Waals surface area contributed by atoms with Gasteiger partial charge in [0.2, 0.25) is 0 Å². The van der Waals surface area contributed by atoms with Crippen molar-refractivity contribution in [2.75, 3.05) is 5.32 Å². The van der Waals surface area contributed by atoms with Crippen LogP contribution in [-0.2, 0) is 16.2 Å². The first-order valence-electron chi connectivity index (χ1n) is 4.50. The van der Waals surface area contributed by atoms with Gasteiger partial charge in [-0.25, -0.2) is 0 Å². The smallest absolute Gasteiger partial charge is 0.342 e. The van der Waals surface area contributed by atoms with Crippen LogP contribution in [0.2, 0.25) is 0 Å². The molecule has 17 heavy (non-hydrogen) atoms. The molecule has 0 unspecified atom stereocenters. The van der Waals surface area contributed by atoms with Gasteiger partial charge in [0.1, 0.15) is 10.7 Å². The number of benzene rings is 1. The van der Waals surface area contributed by atoms with E-state index in [4.69, 9.17) is 0 Å². The molecule has 1 aromatic rings. The van der Waals surface area contributed by atoms with Gasteiger partial charge in [0.05, 0.1) is 11.3 Å². The average molecular weight is 264 g/mol. The summed E-state index contributed by atoms with van der Waals surface area (Å²) in [5.41, 5.74) is -0.915. The van der Waals surface area contributed by atoms with Crippen LogP contribution in [0.3, 0.4) is 0 Å². The third kappa shape index (κ3) is 2.12. The molecule has 4 nitrogen and oxygen atoms in total. The molecule has 0 saturated carbocycles. The number of nitrogens with zero attached hydrogens (tertiary/aromatic N) is 1. The lowest BCUT2D eigenvalue weighted by Gasteiger charge is -2.17. The topological polar surface area (TPSA) is 58.5 Å². The van der Waals surface area contributed by atoms with E-state index < -0.39 is 26.7 Å². The second-order valence-corrected chi connectivity index (χ2v) is 5.06. The summed E-state index contributed by atoms with van der Waals surface area (Å²) in [6, 6.07) is 2.47. The molecule has 0 fully saturated rings. The van der Waals surface area contributed by atoms with E-state index in [1.807, 2.05) is 0 Å². The van der Waals surface area contributed by atoms with E-state index in [-0.39, 0.29) is 11.5 Å². The number of rotatable bonds is 0. The molecule has 0 bridgehead atoms. The highest BCUT2D eigenvalue weighted by atomic mass is 32.2. The van der Waals surface area contributed by atoms with E-state index in [0.717, 1.165) is 12.1 Å². The quantitative estimate of drug-likeness (QED) is 0.781. The minimum absolute atomic E-state index is 0.102. The maximum absolute atomic E-state index is 12.4. The summed E-state index contributed by atoms with van der Waals surface area (Å²) in [5, 5.41) is 2.60. The van der Waals surface area contributed by atoms with E-state index in [1.54, 1.807) is 0 Å². The first-order valence-corrected chi connectivity index (χ1v) is 5.94. The Balaban J connectivity index is 2.65. The Hall–Kier alpha value is -1.57. The van der Waals surface area contributed by atoms with Crippen LogP contribution < -0.4 is 5.32 Å². The Morgan fingerprint density at radius 3 is 2.53 bits per heavy atom. The van der Waals surface area contributed by atoms with Crippen LogP contribution in [-0.4, -0.2) is 14.3 Å². The summed E-state index contributed by atoms with van der Waals surface area (Å²) in [5.74, 6) is 0.122. The van der Waals surface area contributed by atoms with Crippen LogP contribution in [0.1, 0.15) is 12.5 Å². The van der Waals surface area contributed by atoms with Crippen molar-refractivity contribution in [3.63, 3.8) is 0 Å². The molecule has 1 aliphatic rings. The summed E-state index contributed by atoms with van der Waals surface area (Å²) < 4.78 is 63.7. The molecule has 1 N–H and O–H groups in total. The predicted molar refractivity (Wildman–Crippen MR) is 55.4 cm³/mol. The third-order valence-corrected chi connectivity index (χ3v) is 3.57. The Bertz CT molecular complexity index is 605. The standard InChI is InChI=1S/C9H7F3N2O2S/c1-5-13-7-3-2-6(9(10,11)12)4-8(7)17(15,16)14-5/h2-4H,1H3,(H,13,14). The fraction of sp³-hybridized carbons (Fsp3) is 0.222. The molecule has 0 amide bonds. The van der Waals surface area contributed by atoms with Gasteiger partial charge in [0.15, 0.2) is 0 Å². The highest BCUT2D eigenvalue weighted by Gasteiger charge is 2.33. The first-order chi connectivity index (χ1) is 7.70. The summed E-state index contributed by atoms with van der Waals surface area (Å²) in [6.45, 7) is 1.41. The van der Waals surface area contributed by atoms with Gasteiger partial charge in [-0.1, -0.05) is 0 Å². The molecule has 0 saturated heterocycles. The van der Waals surface area contributed by atoms with Crippen molar-refractivity contribution in [2.45, 2.75) is 18.0 Å². The molecule has 92 valence electrons. The molecule has 0 spiro atoms. The molecule has 8 heteroatoms. The Morgan fingerprint density at radius 1 is 1.29 bits per heavy atom. The molecule has 1 heterocycles. The van der Waals surface area contributed by atoms with Gasteiger partial charge in [0, 0.05) is 0 Å². The van der Waals surface area contributed by atoms with Crippen molar-refractivity contribution in [3.8, 4) is 0 Å². The first kappa shape index (κ1) is 11.9. The highest BCUT2D eigenvalue weighted by molar-refractivity contribution is 7.90. The van der Waals surface area contributed by atoms with Crippen LogP contribution in [0, 0.1) is 0 Å². The van der Waals surface area contributed by atoms with Crippen molar-refractivity contribution in [3.05, 3.63) is 23.8 Å². The number of alkyl halides is 3. The number of amidine groups is 1. The number of hydrogen-bond donors (Lipinski definition) is 1. The zero-order chi connectivity index (χ0) is 12.8. The summed E-state index contributed by atoms with van der Waals surface area (Å²) in [6.07, 6.45) is -4.58. The van der Waals surface area contributed by atoms with Crippen molar-refractivity contribution in [2.24, 2.45) is 4.40 Å². The van der Waals surface area contributed by atoms with E-state index in [2.05, 4.69) is 9.71 Å². The van der Waals surface area contributed by atoms with Gasteiger partial charge in [-0.2, -0.15) is 21.6 Å². The van der Waals surface area contributed by atoms with E-state index >= 15 is 0 Å². The van der Waals surface area contributed by atoms with Gasteiger partial charge < -0.3 is 5.32 Å². The normalized spacial score (nSPS) is 18.0. The van der Waals surface area contributed by atoms with Crippen LogP contribution in [0.25, 0.3) is 0 Å². The molecule has 0 aromatic heterocycles. The van der Waals surface area contributed by atoms with E-state index in [1.165, 1.54) is 6.92 Å². The van der Waals surface area contributed by atoms with Gasteiger partial charge in [0.25, 0.3) is 10.0 Å². The lowest BCUT2D eigenvalue weighted by atomic mass is 10.2. The zero-order valence-corrected chi connectivity index (χ0v) is 9.35. The van der Waals surface area contributed by atoms with E-state index in [0.29, 0.717) is 6.07 Å². The Kier molecular flexibility index (Phi) is 2.42. The van der Waals surface area contributed by atoms with Crippen LogP contribution in [0.5, 0.6) is 0 Å². The lowest BCUT2D eigenvalue weighted by molar-refractivity contribution is -0.137. The lowest BCUT2D eigenvalue weighted by Crippen LogP contribution is -2.19. The van der Waals surface area contributed by atoms with E-state index in [9.17, 15) is 21.6 Å². The predicted octanol–water partition coefficient (Wildman–Crippen LogP) is 2.24. The third-order valence-electron chi connectivity index (χ3n) is 2.16. The fourth-order valence-electron chi connectivity index (χ4n) is 1.46. The number of sulfonamides is 1. The number of nitrogens with one attached hydrogen (secondary N) is 1. The number of halogens is 3. The van der Waals surface area contributed by atoms with Crippen molar-refractivity contribution in [1.29, 1.82) is 0 Å². The maximum Gasteiger partial charge on any atom is 0.416 e. The number of anilines is 1. The molecular formula is C9H7F3N2O2S. The largest absolute Gasteiger partial charge is 0.416 e. The minimum atomic E-state index is -4.58.